The summed E-state index contributed by atoms with van der Waals surface area (Å²) >= 11 is 14.9. The molecule has 1 heterocycles. The van der Waals surface area contributed by atoms with E-state index < -0.39 is 45.3 Å². The Hall–Kier alpha value is -3.55. The molecule has 7 nitrogen and oxygen atoms in total. The molecule has 1 saturated heterocycles. The second kappa shape index (κ2) is 8.48. The molecule has 3 atom stereocenters. The average Bonchev–Trinajstić information content (AvgIpc) is 3.22. The van der Waals surface area contributed by atoms with E-state index in [2.05, 4.69) is 5.32 Å². The molecule has 4 aliphatic rings. The Morgan fingerprint density at radius 2 is 1.32 bits per heavy atom. The van der Waals surface area contributed by atoms with Crippen molar-refractivity contribution in [3.8, 4) is 11.5 Å². The Labute approximate surface area is 229 Å². The number of amides is 3. The fraction of sp³-hybridized carbons (Fsp3) is 0.276. The molecule has 1 N–H and O–H groups in total. The SMILES string of the molecule is COc1ccc(OC)c(NC(=O)[C@H](C)N2C(=O)[C@@H]3[C@H](C2=O)C2(Cl)c4ccccc4C3(Cl)c3ccccc32)c1. The largest absolute Gasteiger partial charge is 0.497 e. The van der Waals surface area contributed by atoms with Gasteiger partial charge in [-0.15, -0.1) is 23.2 Å². The third-order valence-corrected chi connectivity index (χ3v) is 9.34. The van der Waals surface area contributed by atoms with Crippen LogP contribution in [0.1, 0.15) is 29.2 Å². The van der Waals surface area contributed by atoms with Crippen molar-refractivity contribution in [1.82, 2.24) is 4.90 Å². The highest BCUT2D eigenvalue weighted by Gasteiger charge is 2.73. The number of anilines is 1. The highest BCUT2D eigenvalue weighted by molar-refractivity contribution is 6.36. The molecule has 0 aromatic heterocycles. The Bertz CT molecular complexity index is 1400. The molecule has 38 heavy (non-hydrogen) atoms. The van der Waals surface area contributed by atoms with Crippen molar-refractivity contribution in [3.05, 3.63) is 89.0 Å². The van der Waals surface area contributed by atoms with E-state index in [4.69, 9.17) is 32.7 Å². The van der Waals surface area contributed by atoms with Gasteiger partial charge in [-0.2, -0.15) is 0 Å². The summed E-state index contributed by atoms with van der Waals surface area (Å²) in [5, 5.41) is 2.77. The molecule has 0 saturated carbocycles. The molecular weight excluding hydrogens is 527 g/mol. The lowest BCUT2D eigenvalue weighted by Gasteiger charge is -2.54. The summed E-state index contributed by atoms with van der Waals surface area (Å²) in [5.41, 5.74) is 3.18. The number of benzene rings is 3. The predicted molar refractivity (Wildman–Crippen MR) is 143 cm³/mol. The first-order chi connectivity index (χ1) is 18.2. The number of rotatable bonds is 5. The van der Waals surface area contributed by atoms with Gasteiger partial charge in [0.05, 0.1) is 31.7 Å². The maximum atomic E-state index is 14.1. The third-order valence-electron chi connectivity index (χ3n) is 8.05. The van der Waals surface area contributed by atoms with Crippen molar-refractivity contribution < 1.29 is 23.9 Å². The van der Waals surface area contributed by atoms with E-state index in [1.807, 2.05) is 48.5 Å². The molecule has 2 bridgehead atoms. The summed E-state index contributed by atoms with van der Waals surface area (Å²) in [6.07, 6.45) is 0. The van der Waals surface area contributed by atoms with Crippen molar-refractivity contribution >= 4 is 46.6 Å². The number of hydrogen-bond donors (Lipinski definition) is 1. The minimum absolute atomic E-state index is 0.350. The van der Waals surface area contributed by atoms with Gasteiger partial charge in [0.1, 0.15) is 27.3 Å². The predicted octanol–water partition coefficient (Wildman–Crippen LogP) is 4.62. The summed E-state index contributed by atoms with van der Waals surface area (Å²) < 4.78 is 10.6. The first-order valence-corrected chi connectivity index (χ1v) is 12.9. The molecular formula is C29H24Cl2N2O5. The molecule has 7 rings (SSSR count). The average molecular weight is 551 g/mol. The Kier molecular flexibility index (Phi) is 5.53. The Morgan fingerprint density at radius 3 is 1.74 bits per heavy atom. The molecule has 0 unspecified atom stereocenters. The number of nitrogens with zero attached hydrogens (tertiary/aromatic N) is 1. The van der Waals surface area contributed by atoms with Gasteiger partial charge in [-0.05, 0) is 41.3 Å². The fourth-order valence-corrected chi connectivity index (χ4v) is 7.43. The van der Waals surface area contributed by atoms with Crippen LogP contribution in [0.3, 0.4) is 0 Å². The number of nitrogens with one attached hydrogen (secondary N) is 1. The zero-order chi connectivity index (χ0) is 27.0. The Balaban J connectivity index is 1.42. The topological polar surface area (TPSA) is 84.9 Å². The van der Waals surface area contributed by atoms with Crippen LogP contribution in [0, 0.1) is 11.8 Å². The van der Waals surface area contributed by atoms with Gasteiger partial charge in [0.15, 0.2) is 0 Å². The van der Waals surface area contributed by atoms with E-state index in [0.29, 0.717) is 39.4 Å². The van der Waals surface area contributed by atoms with Crippen LogP contribution in [-0.4, -0.2) is 42.9 Å². The van der Waals surface area contributed by atoms with Gasteiger partial charge in [-0.3, -0.25) is 19.3 Å². The van der Waals surface area contributed by atoms with Gasteiger partial charge in [0.2, 0.25) is 17.7 Å². The number of carbonyl (C=O) groups is 3. The van der Waals surface area contributed by atoms with E-state index in [1.54, 1.807) is 18.2 Å². The molecule has 0 radical (unpaired) electrons. The number of carbonyl (C=O) groups excluding carboxylic acids is 3. The van der Waals surface area contributed by atoms with Gasteiger partial charge in [-0.25, -0.2) is 0 Å². The summed E-state index contributed by atoms with van der Waals surface area (Å²) in [7, 11) is 2.98. The number of imide groups is 1. The molecule has 1 fully saturated rings. The first kappa shape index (κ1) is 24.8. The van der Waals surface area contributed by atoms with Crippen LogP contribution in [0.5, 0.6) is 11.5 Å². The Morgan fingerprint density at radius 1 is 0.842 bits per heavy atom. The fourth-order valence-electron chi connectivity index (χ4n) is 6.34. The number of methoxy groups -OCH3 is 2. The van der Waals surface area contributed by atoms with Gasteiger partial charge in [0, 0.05) is 6.07 Å². The van der Waals surface area contributed by atoms with Gasteiger partial charge >= 0.3 is 0 Å². The first-order valence-electron chi connectivity index (χ1n) is 12.2. The minimum Gasteiger partial charge on any atom is -0.497 e. The number of hydrogen-bond acceptors (Lipinski definition) is 5. The lowest BCUT2D eigenvalue weighted by molar-refractivity contribution is -0.146. The smallest absolute Gasteiger partial charge is 0.247 e. The summed E-state index contributed by atoms with van der Waals surface area (Å²) in [4.78, 5) is 40.0. The number of halogens is 2. The van der Waals surface area contributed by atoms with Gasteiger partial charge in [0.25, 0.3) is 0 Å². The standard InChI is InChI=1S/C29H24Cl2N2O5/c1-15(25(34)32-21-14-16(37-2)12-13-22(21)38-3)33-26(35)23-24(27(33)36)29(31)18-9-5-4-8-17(18)28(23,30)19-10-6-7-11-20(19)29/h4-15,23-24H,1-3H3,(H,32,34)/t15-,23-,24+,28?,29?/m0/s1. The molecule has 3 aromatic carbocycles. The zero-order valence-electron chi connectivity index (χ0n) is 20.8. The van der Waals surface area contributed by atoms with Crippen molar-refractivity contribution in [2.45, 2.75) is 22.7 Å². The molecule has 3 amide bonds. The molecule has 1 aliphatic heterocycles. The van der Waals surface area contributed by atoms with Crippen LogP contribution in [0.25, 0.3) is 0 Å². The summed E-state index contributed by atoms with van der Waals surface area (Å²) in [5.74, 6) is -2.64. The van der Waals surface area contributed by atoms with E-state index >= 15 is 0 Å². The second-order valence-electron chi connectivity index (χ2n) is 9.75. The molecule has 0 spiro atoms. The van der Waals surface area contributed by atoms with Gasteiger partial charge < -0.3 is 14.8 Å². The van der Waals surface area contributed by atoms with Crippen LogP contribution in [0.2, 0.25) is 0 Å². The zero-order valence-corrected chi connectivity index (χ0v) is 22.3. The maximum Gasteiger partial charge on any atom is 0.247 e. The lowest BCUT2D eigenvalue weighted by atomic mass is 9.54. The number of ether oxygens (including phenoxy) is 2. The number of likely N-dealkylation sites (tertiary alicyclic amines) is 1. The van der Waals surface area contributed by atoms with Crippen molar-refractivity contribution in [2.75, 3.05) is 19.5 Å². The van der Waals surface area contributed by atoms with Crippen molar-refractivity contribution in [1.29, 1.82) is 0 Å². The second-order valence-corrected chi connectivity index (χ2v) is 10.9. The lowest BCUT2D eigenvalue weighted by Crippen LogP contribution is -2.57. The van der Waals surface area contributed by atoms with E-state index in [0.717, 1.165) is 4.90 Å². The maximum absolute atomic E-state index is 14.1. The normalized spacial score (nSPS) is 27.3. The van der Waals surface area contributed by atoms with Crippen LogP contribution in [0.15, 0.2) is 66.7 Å². The summed E-state index contributed by atoms with van der Waals surface area (Å²) in [6, 6.07) is 18.6. The van der Waals surface area contributed by atoms with Crippen LogP contribution in [0.4, 0.5) is 5.69 Å². The minimum atomic E-state index is -1.30. The van der Waals surface area contributed by atoms with E-state index in [-0.39, 0.29) is 0 Å². The summed E-state index contributed by atoms with van der Waals surface area (Å²) in [6.45, 7) is 1.51. The van der Waals surface area contributed by atoms with Crippen LogP contribution in [-0.2, 0) is 24.1 Å². The van der Waals surface area contributed by atoms with Crippen molar-refractivity contribution in [3.63, 3.8) is 0 Å². The van der Waals surface area contributed by atoms with Crippen LogP contribution < -0.4 is 14.8 Å². The molecule has 194 valence electrons. The van der Waals surface area contributed by atoms with Crippen LogP contribution >= 0.6 is 23.2 Å². The van der Waals surface area contributed by atoms with Gasteiger partial charge in [-0.1, -0.05) is 48.5 Å². The number of alkyl halides is 2. The van der Waals surface area contributed by atoms with Crippen molar-refractivity contribution in [2.24, 2.45) is 11.8 Å². The molecule has 3 aliphatic carbocycles. The third kappa shape index (κ3) is 3.00. The molecule has 9 heteroatoms. The van der Waals surface area contributed by atoms with E-state index in [9.17, 15) is 14.4 Å². The highest BCUT2D eigenvalue weighted by Crippen LogP contribution is 2.69. The monoisotopic (exact) mass is 550 g/mol. The van der Waals surface area contributed by atoms with E-state index in [1.165, 1.54) is 21.1 Å². The molecule has 3 aromatic rings. The quantitative estimate of drug-likeness (QED) is 0.370. The highest BCUT2D eigenvalue weighted by atomic mass is 35.5.